The van der Waals surface area contributed by atoms with Crippen LogP contribution in [0.1, 0.15) is 18.5 Å². The molecule has 0 aromatic heterocycles. The van der Waals surface area contributed by atoms with Gasteiger partial charge in [0.1, 0.15) is 0 Å². The highest BCUT2D eigenvalue weighted by molar-refractivity contribution is 7.81. The van der Waals surface area contributed by atoms with Gasteiger partial charge in [0.2, 0.25) is 5.91 Å². The molecule has 0 N–H and O–H groups in total. The van der Waals surface area contributed by atoms with E-state index in [2.05, 4.69) is 12.6 Å². The van der Waals surface area contributed by atoms with Gasteiger partial charge in [-0.05, 0) is 18.6 Å². The Hall–Kier alpha value is -0.670. The minimum absolute atomic E-state index is 0.00856. The zero-order chi connectivity index (χ0) is 11.4. The second-order valence-electron chi connectivity index (χ2n) is 3.36. The lowest BCUT2D eigenvalue weighted by molar-refractivity contribution is -0.128. The predicted molar refractivity (Wildman–Crippen MR) is 66.5 cm³/mol. The van der Waals surface area contributed by atoms with Crippen molar-refractivity contribution in [2.45, 2.75) is 13.0 Å². The molecule has 15 heavy (non-hydrogen) atoms. The average Bonchev–Trinajstić information content (AvgIpc) is 2.26. The first kappa shape index (κ1) is 12.4. The molecule has 0 aliphatic carbocycles. The fourth-order valence-corrected chi connectivity index (χ4v) is 1.87. The number of hydrogen-bond acceptors (Lipinski definition) is 2. The number of carbonyl (C=O) groups excluding carboxylic acids is 1. The van der Waals surface area contributed by atoms with E-state index in [0.717, 1.165) is 5.56 Å². The minimum atomic E-state index is -0.0293. The Morgan fingerprint density at radius 3 is 2.67 bits per heavy atom. The van der Waals surface area contributed by atoms with Crippen LogP contribution in [0.4, 0.5) is 0 Å². The van der Waals surface area contributed by atoms with Crippen LogP contribution >= 0.6 is 24.2 Å². The molecule has 1 unspecified atom stereocenters. The maximum absolute atomic E-state index is 11.4. The number of benzene rings is 1. The fourth-order valence-electron chi connectivity index (χ4n) is 1.35. The molecule has 0 fully saturated rings. The first-order chi connectivity index (χ1) is 7.07. The highest BCUT2D eigenvalue weighted by atomic mass is 35.5. The third kappa shape index (κ3) is 2.89. The minimum Gasteiger partial charge on any atom is -0.338 e. The number of halogens is 1. The van der Waals surface area contributed by atoms with Crippen molar-refractivity contribution in [3.63, 3.8) is 0 Å². The summed E-state index contributed by atoms with van der Waals surface area (Å²) in [6.45, 7) is 1.95. The van der Waals surface area contributed by atoms with Crippen LogP contribution in [0.25, 0.3) is 0 Å². The fraction of sp³-hybridized carbons (Fsp3) is 0.364. The number of hydrogen-bond donors (Lipinski definition) is 1. The van der Waals surface area contributed by atoms with E-state index in [1.165, 1.54) is 0 Å². The average molecular weight is 244 g/mol. The van der Waals surface area contributed by atoms with E-state index in [4.69, 9.17) is 11.6 Å². The van der Waals surface area contributed by atoms with Crippen molar-refractivity contribution in [3.8, 4) is 0 Å². The summed E-state index contributed by atoms with van der Waals surface area (Å²) >= 11 is 10.0. The van der Waals surface area contributed by atoms with Crippen LogP contribution in [0, 0.1) is 0 Å². The molecule has 0 aliphatic rings. The normalized spacial score (nSPS) is 12.3. The largest absolute Gasteiger partial charge is 0.338 e. The number of carbonyl (C=O) groups is 1. The van der Waals surface area contributed by atoms with Gasteiger partial charge in [0.15, 0.2) is 0 Å². The molecular formula is C11H14ClNOS. The van der Waals surface area contributed by atoms with Gasteiger partial charge >= 0.3 is 0 Å². The highest BCUT2D eigenvalue weighted by Gasteiger charge is 2.17. The van der Waals surface area contributed by atoms with Crippen LogP contribution in [0.3, 0.4) is 0 Å². The van der Waals surface area contributed by atoms with Crippen LogP contribution in [0.5, 0.6) is 0 Å². The third-order valence-corrected chi connectivity index (χ3v) is 3.08. The van der Waals surface area contributed by atoms with Crippen molar-refractivity contribution in [2.24, 2.45) is 0 Å². The smallest absolute Gasteiger partial charge is 0.232 e. The Kier molecular flexibility index (Phi) is 4.48. The van der Waals surface area contributed by atoms with Crippen molar-refractivity contribution < 1.29 is 4.79 Å². The molecule has 1 rings (SSSR count). The van der Waals surface area contributed by atoms with Crippen LogP contribution in [0.15, 0.2) is 24.3 Å². The van der Waals surface area contributed by atoms with Gasteiger partial charge in [-0.25, -0.2) is 0 Å². The van der Waals surface area contributed by atoms with E-state index in [1.54, 1.807) is 11.9 Å². The molecule has 0 radical (unpaired) electrons. The van der Waals surface area contributed by atoms with E-state index in [-0.39, 0.29) is 17.7 Å². The van der Waals surface area contributed by atoms with Crippen molar-refractivity contribution >= 4 is 30.1 Å². The molecule has 1 aromatic carbocycles. The van der Waals surface area contributed by atoms with Gasteiger partial charge in [-0.15, -0.1) is 0 Å². The topological polar surface area (TPSA) is 20.3 Å². The summed E-state index contributed by atoms with van der Waals surface area (Å²) in [5, 5.41) is 0.684. The lowest BCUT2D eigenvalue weighted by Gasteiger charge is -2.25. The van der Waals surface area contributed by atoms with Gasteiger partial charge in [0, 0.05) is 12.1 Å². The SMILES string of the molecule is CC(c1ccccc1Cl)N(C)C(=O)CS. The van der Waals surface area contributed by atoms with E-state index in [9.17, 15) is 4.79 Å². The second kappa shape index (κ2) is 5.42. The Morgan fingerprint density at radius 2 is 2.13 bits per heavy atom. The van der Waals surface area contributed by atoms with Gasteiger partial charge < -0.3 is 4.90 Å². The maximum atomic E-state index is 11.4. The molecule has 2 nitrogen and oxygen atoms in total. The molecule has 0 heterocycles. The van der Waals surface area contributed by atoms with E-state index in [1.807, 2.05) is 31.2 Å². The Morgan fingerprint density at radius 1 is 1.53 bits per heavy atom. The molecule has 0 spiro atoms. The Labute approximate surface area is 101 Å². The molecule has 82 valence electrons. The van der Waals surface area contributed by atoms with Gasteiger partial charge in [-0.3, -0.25) is 4.79 Å². The number of thiol groups is 1. The van der Waals surface area contributed by atoms with Crippen molar-refractivity contribution in [3.05, 3.63) is 34.9 Å². The molecule has 1 aromatic rings. The van der Waals surface area contributed by atoms with Crippen molar-refractivity contribution in [1.82, 2.24) is 4.90 Å². The lowest BCUT2D eigenvalue weighted by Crippen LogP contribution is -2.30. The summed E-state index contributed by atoms with van der Waals surface area (Å²) in [4.78, 5) is 13.1. The summed E-state index contributed by atoms with van der Waals surface area (Å²) in [6, 6.07) is 7.51. The molecule has 0 bridgehead atoms. The number of rotatable bonds is 3. The first-order valence-electron chi connectivity index (χ1n) is 4.69. The van der Waals surface area contributed by atoms with Crippen molar-refractivity contribution in [2.75, 3.05) is 12.8 Å². The standard InChI is InChI=1S/C11H14ClNOS/c1-8(13(2)11(14)7-15)9-5-3-4-6-10(9)12/h3-6,8,15H,7H2,1-2H3. The molecule has 1 amide bonds. The Balaban J connectivity index is 2.89. The summed E-state index contributed by atoms with van der Waals surface area (Å²) in [6.07, 6.45) is 0. The molecule has 4 heteroatoms. The summed E-state index contributed by atoms with van der Waals surface area (Å²) in [5.74, 6) is 0.205. The third-order valence-electron chi connectivity index (χ3n) is 2.46. The molecular weight excluding hydrogens is 230 g/mol. The first-order valence-corrected chi connectivity index (χ1v) is 5.70. The van der Waals surface area contributed by atoms with E-state index < -0.39 is 0 Å². The van der Waals surface area contributed by atoms with Gasteiger partial charge in [0.25, 0.3) is 0 Å². The van der Waals surface area contributed by atoms with E-state index in [0.29, 0.717) is 5.02 Å². The zero-order valence-corrected chi connectivity index (χ0v) is 10.4. The van der Waals surface area contributed by atoms with Gasteiger partial charge in [-0.1, -0.05) is 29.8 Å². The van der Waals surface area contributed by atoms with Crippen LogP contribution in [-0.2, 0) is 4.79 Å². The van der Waals surface area contributed by atoms with Gasteiger partial charge in [-0.2, -0.15) is 12.6 Å². The predicted octanol–water partition coefficient (Wildman–Crippen LogP) is 2.79. The summed E-state index contributed by atoms with van der Waals surface area (Å²) < 4.78 is 0. The molecule has 0 saturated carbocycles. The maximum Gasteiger partial charge on any atom is 0.232 e. The van der Waals surface area contributed by atoms with Crippen LogP contribution < -0.4 is 0 Å². The second-order valence-corrected chi connectivity index (χ2v) is 4.08. The highest BCUT2D eigenvalue weighted by Crippen LogP contribution is 2.26. The number of nitrogens with zero attached hydrogens (tertiary/aromatic N) is 1. The lowest BCUT2D eigenvalue weighted by atomic mass is 10.1. The van der Waals surface area contributed by atoms with Crippen LogP contribution in [0.2, 0.25) is 5.02 Å². The summed E-state index contributed by atoms with van der Waals surface area (Å²) in [7, 11) is 1.76. The quantitative estimate of drug-likeness (QED) is 0.810. The van der Waals surface area contributed by atoms with Crippen LogP contribution in [-0.4, -0.2) is 23.6 Å². The number of amides is 1. The van der Waals surface area contributed by atoms with E-state index >= 15 is 0 Å². The monoisotopic (exact) mass is 243 g/mol. The Bertz CT molecular complexity index is 356. The zero-order valence-electron chi connectivity index (χ0n) is 8.77. The van der Waals surface area contributed by atoms with Gasteiger partial charge in [0.05, 0.1) is 11.8 Å². The van der Waals surface area contributed by atoms with Crippen molar-refractivity contribution in [1.29, 1.82) is 0 Å². The molecule has 1 atom stereocenters. The summed E-state index contributed by atoms with van der Waals surface area (Å²) in [5.41, 5.74) is 0.955. The molecule has 0 aliphatic heterocycles. The molecule has 0 saturated heterocycles.